The first-order chi connectivity index (χ1) is 6.31. The van der Waals surface area contributed by atoms with Gasteiger partial charge in [0.25, 0.3) is 0 Å². The summed E-state index contributed by atoms with van der Waals surface area (Å²) in [5.74, 6) is 0. The van der Waals surface area contributed by atoms with E-state index in [1.165, 1.54) is 0 Å². The predicted octanol–water partition coefficient (Wildman–Crippen LogP) is 1.60. The normalized spacial score (nSPS) is 13.2. The van der Waals surface area contributed by atoms with Crippen molar-refractivity contribution in [3.8, 4) is 0 Å². The summed E-state index contributed by atoms with van der Waals surface area (Å²) in [5.41, 5.74) is 0. The SMILES string of the molecule is O[CH]CCCCC(O)CCCCO. The lowest BCUT2D eigenvalue weighted by Gasteiger charge is -2.08. The molecule has 0 aromatic carbocycles. The van der Waals surface area contributed by atoms with Crippen molar-refractivity contribution < 1.29 is 15.3 Å². The third kappa shape index (κ3) is 9.80. The van der Waals surface area contributed by atoms with E-state index in [1.807, 2.05) is 0 Å². The Kier molecular flexibility index (Phi) is 9.87. The Morgan fingerprint density at radius 1 is 1.00 bits per heavy atom. The Morgan fingerprint density at radius 3 is 2.15 bits per heavy atom. The zero-order valence-corrected chi connectivity index (χ0v) is 8.15. The molecule has 0 rings (SSSR count). The molecule has 0 bridgehead atoms. The van der Waals surface area contributed by atoms with Crippen LogP contribution in [0.3, 0.4) is 0 Å². The van der Waals surface area contributed by atoms with Crippen LogP contribution in [0.25, 0.3) is 0 Å². The molecule has 79 valence electrons. The molecule has 3 heteroatoms. The molecule has 0 heterocycles. The van der Waals surface area contributed by atoms with Crippen LogP contribution in [-0.4, -0.2) is 28.0 Å². The summed E-state index contributed by atoms with van der Waals surface area (Å²) in [7, 11) is 0. The van der Waals surface area contributed by atoms with Gasteiger partial charge in [-0.1, -0.05) is 12.8 Å². The van der Waals surface area contributed by atoms with Crippen LogP contribution in [0.5, 0.6) is 0 Å². The second-order valence-electron chi connectivity index (χ2n) is 3.34. The van der Waals surface area contributed by atoms with E-state index in [-0.39, 0.29) is 12.7 Å². The average Bonchev–Trinajstić information content (AvgIpc) is 2.13. The molecule has 1 radical (unpaired) electrons. The standard InChI is InChI=1S/C10H21O3/c11-8-4-1-2-6-10(13)7-3-5-9-12/h8,10-13H,1-7,9H2. The maximum absolute atomic E-state index is 9.42. The van der Waals surface area contributed by atoms with Gasteiger partial charge < -0.3 is 15.3 Å². The minimum atomic E-state index is -0.231. The average molecular weight is 189 g/mol. The zero-order chi connectivity index (χ0) is 9.94. The van der Waals surface area contributed by atoms with Crippen LogP contribution >= 0.6 is 0 Å². The van der Waals surface area contributed by atoms with Crippen LogP contribution in [0, 0.1) is 6.61 Å². The summed E-state index contributed by atoms with van der Waals surface area (Å²) < 4.78 is 0. The third-order valence-electron chi connectivity index (χ3n) is 2.07. The molecule has 0 aromatic heterocycles. The molecule has 0 aliphatic carbocycles. The quantitative estimate of drug-likeness (QED) is 0.483. The van der Waals surface area contributed by atoms with Gasteiger partial charge in [-0.05, 0) is 32.1 Å². The molecule has 0 fully saturated rings. The van der Waals surface area contributed by atoms with E-state index in [0.717, 1.165) is 45.1 Å². The van der Waals surface area contributed by atoms with Crippen molar-refractivity contribution >= 4 is 0 Å². The molecule has 0 saturated heterocycles. The number of aliphatic hydroxyl groups is 3. The lowest BCUT2D eigenvalue weighted by molar-refractivity contribution is 0.144. The maximum Gasteiger partial charge on any atom is 0.0799 e. The van der Waals surface area contributed by atoms with E-state index in [4.69, 9.17) is 10.2 Å². The van der Waals surface area contributed by atoms with Crippen molar-refractivity contribution in [1.29, 1.82) is 0 Å². The first-order valence-electron chi connectivity index (χ1n) is 5.06. The number of unbranched alkanes of at least 4 members (excludes halogenated alkanes) is 3. The van der Waals surface area contributed by atoms with Crippen LogP contribution in [-0.2, 0) is 0 Å². The van der Waals surface area contributed by atoms with Gasteiger partial charge in [0.05, 0.1) is 12.7 Å². The Morgan fingerprint density at radius 2 is 1.62 bits per heavy atom. The van der Waals surface area contributed by atoms with Gasteiger partial charge >= 0.3 is 0 Å². The topological polar surface area (TPSA) is 60.7 Å². The van der Waals surface area contributed by atoms with E-state index < -0.39 is 0 Å². The first kappa shape index (κ1) is 12.9. The highest BCUT2D eigenvalue weighted by Gasteiger charge is 2.02. The minimum Gasteiger partial charge on any atom is -0.396 e. The van der Waals surface area contributed by atoms with Crippen molar-refractivity contribution in [3.63, 3.8) is 0 Å². The van der Waals surface area contributed by atoms with Crippen LogP contribution in [0.2, 0.25) is 0 Å². The fourth-order valence-electron chi connectivity index (χ4n) is 1.25. The van der Waals surface area contributed by atoms with E-state index in [1.54, 1.807) is 0 Å². The van der Waals surface area contributed by atoms with Crippen LogP contribution in [0.4, 0.5) is 0 Å². The van der Waals surface area contributed by atoms with Crippen LogP contribution in [0.15, 0.2) is 0 Å². The molecule has 13 heavy (non-hydrogen) atoms. The van der Waals surface area contributed by atoms with Crippen molar-refractivity contribution in [1.82, 2.24) is 0 Å². The number of hydrogen-bond donors (Lipinski definition) is 3. The smallest absolute Gasteiger partial charge is 0.0799 e. The lowest BCUT2D eigenvalue weighted by atomic mass is 10.1. The Balaban J connectivity index is 3.05. The Bertz CT molecular complexity index is 96.2. The van der Waals surface area contributed by atoms with E-state index in [9.17, 15) is 5.11 Å². The molecule has 0 aromatic rings. The molecule has 0 spiro atoms. The molecule has 3 nitrogen and oxygen atoms in total. The summed E-state index contributed by atoms with van der Waals surface area (Å²) in [6.07, 6.45) is 5.63. The highest BCUT2D eigenvalue weighted by molar-refractivity contribution is 4.57. The molecule has 0 aliphatic heterocycles. The summed E-state index contributed by atoms with van der Waals surface area (Å²) in [6.45, 7) is 1.38. The van der Waals surface area contributed by atoms with Gasteiger partial charge in [-0.2, -0.15) is 0 Å². The highest BCUT2D eigenvalue weighted by Crippen LogP contribution is 2.09. The number of rotatable bonds is 9. The largest absolute Gasteiger partial charge is 0.396 e. The molecule has 0 saturated carbocycles. The van der Waals surface area contributed by atoms with Gasteiger partial charge in [-0.3, -0.25) is 0 Å². The maximum atomic E-state index is 9.42. The molecule has 1 atom stereocenters. The highest BCUT2D eigenvalue weighted by atomic mass is 16.3. The van der Waals surface area contributed by atoms with Gasteiger partial charge in [-0.15, -0.1) is 0 Å². The summed E-state index contributed by atoms with van der Waals surface area (Å²) in [6, 6.07) is 0. The van der Waals surface area contributed by atoms with Crippen molar-refractivity contribution in [2.75, 3.05) is 6.61 Å². The number of aliphatic hydroxyl groups excluding tert-OH is 3. The summed E-state index contributed by atoms with van der Waals surface area (Å²) in [4.78, 5) is 0. The van der Waals surface area contributed by atoms with Gasteiger partial charge in [0, 0.05) is 6.61 Å². The van der Waals surface area contributed by atoms with Gasteiger partial charge in [-0.25, -0.2) is 0 Å². The minimum absolute atomic E-state index is 0.214. The molecular formula is C10H21O3. The monoisotopic (exact) mass is 189 g/mol. The lowest BCUT2D eigenvalue weighted by Crippen LogP contribution is -2.06. The van der Waals surface area contributed by atoms with Crippen molar-refractivity contribution in [2.45, 2.75) is 51.0 Å². The fraction of sp³-hybridized carbons (Fsp3) is 0.900. The van der Waals surface area contributed by atoms with E-state index in [2.05, 4.69) is 0 Å². The van der Waals surface area contributed by atoms with Gasteiger partial charge in [0.15, 0.2) is 0 Å². The van der Waals surface area contributed by atoms with Crippen molar-refractivity contribution in [2.24, 2.45) is 0 Å². The van der Waals surface area contributed by atoms with E-state index in [0.29, 0.717) is 6.42 Å². The molecular weight excluding hydrogens is 168 g/mol. The second-order valence-corrected chi connectivity index (χ2v) is 3.34. The molecule has 0 amide bonds. The summed E-state index contributed by atoms with van der Waals surface area (Å²) in [5, 5.41) is 26.3. The zero-order valence-electron chi connectivity index (χ0n) is 8.15. The predicted molar refractivity (Wildman–Crippen MR) is 51.6 cm³/mol. The molecule has 0 aliphatic rings. The van der Waals surface area contributed by atoms with Gasteiger partial charge in [0.1, 0.15) is 0 Å². The Hall–Kier alpha value is -0.120. The fourth-order valence-corrected chi connectivity index (χ4v) is 1.25. The second kappa shape index (κ2) is 9.96. The van der Waals surface area contributed by atoms with Gasteiger partial charge in [0.2, 0.25) is 0 Å². The van der Waals surface area contributed by atoms with E-state index >= 15 is 0 Å². The first-order valence-corrected chi connectivity index (χ1v) is 5.06. The summed E-state index contributed by atoms with van der Waals surface area (Å²) >= 11 is 0. The third-order valence-corrected chi connectivity index (χ3v) is 2.07. The van der Waals surface area contributed by atoms with Crippen molar-refractivity contribution in [3.05, 3.63) is 6.61 Å². The molecule has 3 N–H and O–H groups in total. The van der Waals surface area contributed by atoms with Crippen LogP contribution < -0.4 is 0 Å². The molecule has 1 unspecified atom stereocenters. The Labute approximate surface area is 80.4 Å². The number of hydrogen-bond acceptors (Lipinski definition) is 3. The van der Waals surface area contributed by atoms with Crippen LogP contribution in [0.1, 0.15) is 44.9 Å².